The monoisotopic (exact) mass is 247 g/mol. The Bertz CT molecular complexity index is 381. The highest BCUT2D eigenvalue weighted by Gasteiger charge is 2.18. The number of rotatable bonds is 4. The maximum atomic E-state index is 5.52. The predicted molar refractivity (Wildman–Crippen MR) is 76.4 cm³/mol. The fourth-order valence-corrected chi connectivity index (χ4v) is 3.01. The lowest BCUT2D eigenvalue weighted by atomic mass is 9.87. The molecule has 1 N–H and O–H groups in total. The maximum absolute atomic E-state index is 5.52. The zero-order valence-corrected chi connectivity index (χ0v) is 11.8. The Morgan fingerprint density at radius 1 is 1.39 bits per heavy atom. The molecule has 1 fully saturated rings. The highest BCUT2D eigenvalue weighted by atomic mass is 16.5. The minimum Gasteiger partial charge on any atom is -0.496 e. The standard InChI is InChI=1S/C16H25NO/c1-12(2)16-14(7-4-8-15(16)18-3)10-13-6-5-9-17-11-13/h4,7-8,12-13,17H,5-6,9-11H2,1-3H3. The molecule has 18 heavy (non-hydrogen) atoms. The van der Waals surface area contributed by atoms with E-state index in [0.717, 1.165) is 18.2 Å². The molecule has 0 aromatic heterocycles. The fourth-order valence-electron chi connectivity index (χ4n) is 3.01. The second-order valence-electron chi connectivity index (χ2n) is 5.60. The third-order valence-corrected chi connectivity index (χ3v) is 3.86. The van der Waals surface area contributed by atoms with Gasteiger partial charge in [-0.15, -0.1) is 0 Å². The molecule has 0 saturated carbocycles. The maximum Gasteiger partial charge on any atom is 0.122 e. The smallest absolute Gasteiger partial charge is 0.122 e. The van der Waals surface area contributed by atoms with Gasteiger partial charge in [-0.25, -0.2) is 0 Å². The van der Waals surface area contributed by atoms with E-state index in [-0.39, 0.29) is 0 Å². The molecule has 1 atom stereocenters. The summed E-state index contributed by atoms with van der Waals surface area (Å²) in [5, 5.41) is 3.50. The van der Waals surface area contributed by atoms with Crippen molar-refractivity contribution in [3.8, 4) is 5.75 Å². The Morgan fingerprint density at radius 3 is 2.83 bits per heavy atom. The summed E-state index contributed by atoms with van der Waals surface area (Å²) < 4.78 is 5.52. The number of hydrogen-bond donors (Lipinski definition) is 1. The van der Waals surface area contributed by atoms with Crippen molar-refractivity contribution >= 4 is 0 Å². The summed E-state index contributed by atoms with van der Waals surface area (Å²) >= 11 is 0. The van der Waals surface area contributed by atoms with E-state index < -0.39 is 0 Å². The molecule has 2 nitrogen and oxygen atoms in total. The van der Waals surface area contributed by atoms with E-state index in [4.69, 9.17) is 4.74 Å². The molecule has 1 aliphatic heterocycles. The average molecular weight is 247 g/mol. The Hall–Kier alpha value is -1.02. The van der Waals surface area contributed by atoms with E-state index >= 15 is 0 Å². The van der Waals surface area contributed by atoms with Gasteiger partial charge in [-0.05, 0) is 61.4 Å². The number of piperidine rings is 1. The van der Waals surface area contributed by atoms with Crippen LogP contribution in [0.1, 0.15) is 43.7 Å². The van der Waals surface area contributed by atoms with E-state index in [1.54, 1.807) is 7.11 Å². The Balaban J connectivity index is 2.20. The molecule has 2 rings (SSSR count). The van der Waals surface area contributed by atoms with Crippen LogP contribution in [-0.4, -0.2) is 20.2 Å². The molecule has 100 valence electrons. The molecule has 1 unspecified atom stereocenters. The van der Waals surface area contributed by atoms with Gasteiger partial charge in [0.2, 0.25) is 0 Å². The molecule has 1 aliphatic rings. The predicted octanol–water partition coefficient (Wildman–Crippen LogP) is 3.36. The van der Waals surface area contributed by atoms with Crippen molar-refractivity contribution in [1.29, 1.82) is 0 Å². The van der Waals surface area contributed by atoms with Crippen LogP contribution in [-0.2, 0) is 6.42 Å². The minimum absolute atomic E-state index is 0.521. The van der Waals surface area contributed by atoms with Crippen molar-refractivity contribution in [2.24, 2.45) is 5.92 Å². The lowest BCUT2D eigenvalue weighted by Gasteiger charge is -2.25. The summed E-state index contributed by atoms with van der Waals surface area (Å²) in [5.74, 6) is 2.35. The molecule has 1 heterocycles. The Kier molecular flexibility index (Phi) is 4.65. The van der Waals surface area contributed by atoms with Gasteiger partial charge in [-0.1, -0.05) is 26.0 Å². The summed E-state index contributed by atoms with van der Waals surface area (Å²) in [6, 6.07) is 6.47. The van der Waals surface area contributed by atoms with Crippen LogP contribution < -0.4 is 10.1 Å². The molecule has 0 amide bonds. The van der Waals surface area contributed by atoms with Gasteiger partial charge in [0.15, 0.2) is 0 Å². The first kappa shape index (κ1) is 13.4. The zero-order chi connectivity index (χ0) is 13.0. The molecule has 1 aromatic carbocycles. The van der Waals surface area contributed by atoms with Crippen LogP contribution in [0.15, 0.2) is 18.2 Å². The van der Waals surface area contributed by atoms with E-state index in [2.05, 4.69) is 37.4 Å². The zero-order valence-electron chi connectivity index (χ0n) is 11.8. The molecule has 1 aromatic rings. The minimum atomic E-state index is 0.521. The van der Waals surface area contributed by atoms with E-state index in [1.807, 2.05) is 0 Å². The largest absolute Gasteiger partial charge is 0.496 e. The second-order valence-corrected chi connectivity index (χ2v) is 5.60. The van der Waals surface area contributed by atoms with Crippen LogP contribution in [0.3, 0.4) is 0 Å². The van der Waals surface area contributed by atoms with Crippen molar-refractivity contribution in [2.75, 3.05) is 20.2 Å². The van der Waals surface area contributed by atoms with E-state index in [0.29, 0.717) is 5.92 Å². The number of hydrogen-bond acceptors (Lipinski definition) is 2. The Labute approximate surface area is 111 Å². The first-order valence-electron chi connectivity index (χ1n) is 7.09. The van der Waals surface area contributed by atoms with Gasteiger partial charge >= 0.3 is 0 Å². The van der Waals surface area contributed by atoms with Gasteiger partial charge < -0.3 is 10.1 Å². The molecular formula is C16H25NO. The van der Waals surface area contributed by atoms with Gasteiger partial charge in [-0.3, -0.25) is 0 Å². The van der Waals surface area contributed by atoms with Crippen molar-refractivity contribution in [3.63, 3.8) is 0 Å². The topological polar surface area (TPSA) is 21.3 Å². The highest BCUT2D eigenvalue weighted by Crippen LogP contribution is 2.32. The fraction of sp³-hybridized carbons (Fsp3) is 0.625. The van der Waals surface area contributed by atoms with Crippen molar-refractivity contribution in [2.45, 2.75) is 39.0 Å². The molecule has 0 radical (unpaired) electrons. The molecule has 0 aliphatic carbocycles. The van der Waals surface area contributed by atoms with Crippen molar-refractivity contribution in [1.82, 2.24) is 5.32 Å². The number of methoxy groups -OCH3 is 1. The summed E-state index contributed by atoms with van der Waals surface area (Å²) in [4.78, 5) is 0. The van der Waals surface area contributed by atoms with Gasteiger partial charge in [0.25, 0.3) is 0 Å². The summed E-state index contributed by atoms with van der Waals surface area (Å²) in [6.45, 7) is 6.85. The van der Waals surface area contributed by atoms with Gasteiger partial charge in [-0.2, -0.15) is 0 Å². The molecule has 0 spiro atoms. The van der Waals surface area contributed by atoms with Crippen LogP contribution >= 0.6 is 0 Å². The second kappa shape index (κ2) is 6.24. The molecular weight excluding hydrogens is 222 g/mol. The van der Waals surface area contributed by atoms with Crippen LogP contribution in [0.2, 0.25) is 0 Å². The molecule has 1 saturated heterocycles. The van der Waals surface area contributed by atoms with Gasteiger partial charge in [0.1, 0.15) is 5.75 Å². The summed E-state index contributed by atoms with van der Waals surface area (Å²) in [6.07, 6.45) is 3.84. The lowest BCUT2D eigenvalue weighted by Crippen LogP contribution is -2.31. The third-order valence-electron chi connectivity index (χ3n) is 3.86. The van der Waals surface area contributed by atoms with Crippen LogP contribution in [0.25, 0.3) is 0 Å². The van der Waals surface area contributed by atoms with Gasteiger partial charge in [0.05, 0.1) is 7.11 Å². The molecule has 2 heteroatoms. The number of benzene rings is 1. The Morgan fingerprint density at radius 2 is 2.22 bits per heavy atom. The number of nitrogens with one attached hydrogen (secondary N) is 1. The quantitative estimate of drug-likeness (QED) is 0.881. The van der Waals surface area contributed by atoms with Crippen LogP contribution in [0, 0.1) is 5.92 Å². The van der Waals surface area contributed by atoms with Crippen LogP contribution in [0.4, 0.5) is 0 Å². The normalized spacial score (nSPS) is 20.1. The van der Waals surface area contributed by atoms with E-state index in [1.165, 1.54) is 36.9 Å². The van der Waals surface area contributed by atoms with Crippen molar-refractivity contribution in [3.05, 3.63) is 29.3 Å². The summed E-state index contributed by atoms with van der Waals surface area (Å²) in [5.41, 5.74) is 2.86. The summed E-state index contributed by atoms with van der Waals surface area (Å²) in [7, 11) is 1.77. The molecule has 0 bridgehead atoms. The average Bonchev–Trinajstić information content (AvgIpc) is 2.39. The highest BCUT2D eigenvalue weighted by molar-refractivity contribution is 5.42. The van der Waals surface area contributed by atoms with Crippen molar-refractivity contribution < 1.29 is 4.74 Å². The third kappa shape index (κ3) is 3.05. The lowest BCUT2D eigenvalue weighted by molar-refractivity contribution is 0.372. The first-order valence-corrected chi connectivity index (χ1v) is 7.09. The van der Waals surface area contributed by atoms with E-state index in [9.17, 15) is 0 Å². The number of ether oxygens (including phenoxy) is 1. The first-order chi connectivity index (χ1) is 8.72. The van der Waals surface area contributed by atoms with Crippen LogP contribution in [0.5, 0.6) is 5.75 Å². The van der Waals surface area contributed by atoms with Gasteiger partial charge in [0, 0.05) is 0 Å². The SMILES string of the molecule is COc1cccc(CC2CCCNC2)c1C(C)C.